The summed E-state index contributed by atoms with van der Waals surface area (Å²) in [5, 5.41) is 13.0. The lowest BCUT2D eigenvalue weighted by Crippen LogP contribution is -2.06. The number of halogens is 1. The minimum absolute atomic E-state index is 0.0836. The van der Waals surface area contributed by atoms with Crippen LogP contribution in [0.2, 0.25) is 0 Å². The molecule has 17 heavy (non-hydrogen) atoms. The fourth-order valence-corrected chi connectivity index (χ4v) is 2.09. The highest BCUT2D eigenvalue weighted by Gasteiger charge is 2.07. The number of nitrogens with one attached hydrogen (secondary N) is 1. The predicted octanol–water partition coefficient (Wildman–Crippen LogP) is 2.41. The van der Waals surface area contributed by atoms with Gasteiger partial charge in [-0.1, -0.05) is 0 Å². The van der Waals surface area contributed by atoms with Crippen LogP contribution < -0.4 is 10.1 Å². The molecular formula is C12H13BrN2O2. The minimum Gasteiger partial charge on any atom is -0.497 e. The fourth-order valence-electron chi connectivity index (χ4n) is 1.63. The molecule has 0 unspecified atom stereocenters. The van der Waals surface area contributed by atoms with Crippen molar-refractivity contribution < 1.29 is 9.84 Å². The second-order valence-electron chi connectivity index (χ2n) is 3.51. The third-order valence-electron chi connectivity index (χ3n) is 2.44. The van der Waals surface area contributed by atoms with Crippen molar-refractivity contribution in [1.82, 2.24) is 4.98 Å². The molecule has 90 valence electrons. The van der Waals surface area contributed by atoms with Crippen LogP contribution in [0.4, 0.5) is 5.69 Å². The number of aromatic nitrogens is 1. The van der Waals surface area contributed by atoms with Gasteiger partial charge in [-0.2, -0.15) is 0 Å². The summed E-state index contributed by atoms with van der Waals surface area (Å²) < 4.78 is 6.07. The van der Waals surface area contributed by atoms with Gasteiger partial charge in [0.15, 0.2) is 0 Å². The van der Waals surface area contributed by atoms with Crippen LogP contribution in [-0.2, 0) is 0 Å². The maximum absolute atomic E-state index is 8.87. The van der Waals surface area contributed by atoms with Gasteiger partial charge in [0.05, 0.1) is 29.4 Å². The Morgan fingerprint density at radius 1 is 1.47 bits per heavy atom. The Balaban J connectivity index is 2.56. The second-order valence-corrected chi connectivity index (χ2v) is 4.37. The van der Waals surface area contributed by atoms with Crippen molar-refractivity contribution in [2.24, 2.45) is 0 Å². The van der Waals surface area contributed by atoms with Gasteiger partial charge in [-0.3, -0.25) is 4.98 Å². The zero-order chi connectivity index (χ0) is 12.3. The average Bonchev–Trinajstić information content (AvgIpc) is 2.37. The fraction of sp³-hybridized carbons (Fsp3) is 0.250. The van der Waals surface area contributed by atoms with E-state index in [1.54, 1.807) is 13.3 Å². The Hall–Kier alpha value is -1.33. The van der Waals surface area contributed by atoms with Crippen LogP contribution in [0.25, 0.3) is 10.9 Å². The standard InChI is InChI=1S/C12H13BrN2O2/c1-17-8-2-3-11-9(6-8)12(14-4-5-16)10(13)7-15-11/h2-3,6-7,16H,4-5H2,1H3,(H,14,15). The van der Waals surface area contributed by atoms with Crippen LogP contribution in [0.1, 0.15) is 0 Å². The monoisotopic (exact) mass is 296 g/mol. The number of fused-ring (bicyclic) bond motifs is 1. The van der Waals surface area contributed by atoms with E-state index in [0.29, 0.717) is 6.54 Å². The van der Waals surface area contributed by atoms with Gasteiger partial charge in [-0.15, -0.1) is 0 Å². The van der Waals surface area contributed by atoms with Crippen LogP contribution in [0.15, 0.2) is 28.9 Å². The number of nitrogens with zero attached hydrogens (tertiary/aromatic N) is 1. The molecule has 2 rings (SSSR count). The summed E-state index contributed by atoms with van der Waals surface area (Å²) in [5.74, 6) is 0.782. The average molecular weight is 297 g/mol. The van der Waals surface area contributed by atoms with Crippen molar-refractivity contribution in [1.29, 1.82) is 0 Å². The quantitative estimate of drug-likeness (QED) is 0.910. The first-order valence-electron chi connectivity index (χ1n) is 5.23. The van der Waals surface area contributed by atoms with E-state index in [1.165, 1.54) is 0 Å². The molecule has 1 aromatic carbocycles. The number of aliphatic hydroxyl groups excluding tert-OH is 1. The van der Waals surface area contributed by atoms with Crippen LogP contribution in [0.5, 0.6) is 5.75 Å². The lowest BCUT2D eigenvalue weighted by molar-refractivity contribution is 0.311. The van der Waals surface area contributed by atoms with Crippen molar-refractivity contribution in [3.8, 4) is 5.75 Å². The molecule has 0 atom stereocenters. The Kier molecular flexibility index (Phi) is 3.81. The van der Waals surface area contributed by atoms with Gasteiger partial charge in [-0.25, -0.2) is 0 Å². The molecule has 1 aromatic heterocycles. The van der Waals surface area contributed by atoms with E-state index >= 15 is 0 Å². The maximum atomic E-state index is 8.87. The Morgan fingerprint density at radius 3 is 3.00 bits per heavy atom. The molecule has 5 heteroatoms. The third-order valence-corrected chi connectivity index (χ3v) is 3.04. The Bertz CT molecular complexity index is 531. The minimum atomic E-state index is 0.0836. The number of hydrogen-bond donors (Lipinski definition) is 2. The molecule has 2 N–H and O–H groups in total. The summed E-state index contributed by atoms with van der Waals surface area (Å²) in [5.41, 5.74) is 1.80. The third kappa shape index (κ3) is 2.50. The summed E-state index contributed by atoms with van der Waals surface area (Å²) in [6, 6.07) is 5.70. The molecule has 0 amide bonds. The van der Waals surface area contributed by atoms with Crippen LogP contribution >= 0.6 is 15.9 Å². The molecule has 0 fully saturated rings. The normalized spacial score (nSPS) is 10.5. The molecule has 0 aliphatic carbocycles. The largest absolute Gasteiger partial charge is 0.497 e. The molecule has 0 aliphatic heterocycles. The first-order valence-corrected chi connectivity index (χ1v) is 6.02. The number of rotatable bonds is 4. The molecule has 1 heterocycles. The predicted molar refractivity (Wildman–Crippen MR) is 71.6 cm³/mol. The molecule has 0 radical (unpaired) electrons. The molecule has 2 aromatic rings. The Morgan fingerprint density at radius 2 is 2.29 bits per heavy atom. The van der Waals surface area contributed by atoms with E-state index in [9.17, 15) is 0 Å². The number of benzene rings is 1. The number of pyridine rings is 1. The van der Waals surface area contributed by atoms with Crippen molar-refractivity contribution in [2.75, 3.05) is 25.6 Å². The van der Waals surface area contributed by atoms with E-state index < -0.39 is 0 Å². The van der Waals surface area contributed by atoms with Gasteiger partial charge in [0.1, 0.15) is 5.75 Å². The summed E-state index contributed by atoms with van der Waals surface area (Å²) in [6.07, 6.45) is 1.74. The van der Waals surface area contributed by atoms with Gasteiger partial charge < -0.3 is 15.2 Å². The molecule has 0 saturated heterocycles. The number of methoxy groups -OCH3 is 1. The molecule has 4 nitrogen and oxygen atoms in total. The van der Waals surface area contributed by atoms with E-state index in [-0.39, 0.29) is 6.61 Å². The molecule has 0 aliphatic rings. The highest BCUT2D eigenvalue weighted by molar-refractivity contribution is 9.10. The van der Waals surface area contributed by atoms with Crippen molar-refractivity contribution >= 4 is 32.5 Å². The van der Waals surface area contributed by atoms with Gasteiger partial charge in [0, 0.05) is 18.1 Å². The second kappa shape index (κ2) is 5.33. The topological polar surface area (TPSA) is 54.4 Å². The van der Waals surface area contributed by atoms with Crippen molar-refractivity contribution in [2.45, 2.75) is 0 Å². The van der Waals surface area contributed by atoms with Crippen LogP contribution in [0.3, 0.4) is 0 Å². The number of hydrogen-bond acceptors (Lipinski definition) is 4. The SMILES string of the molecule is COc1ccc2ncc(Br)c(NCCO)c2c1. The number of aliphatic hydroxyl groups is 1. The van der Waals surface area contributed by atoms with Crippen LogP contribution in [0, 0.1) is 0 Å². The maximum Gasteiger partial charge on any atom is 0.119 e. The Labute approximate surface area is 108 Å². The van der Waals surface area contributed by atoms with E-state index in [1.807, 2.05) is 18.2 Å². The van der Waals surface area contributed by atoms with Crippen molar-refractivity contribution in [3.05, 3.63) is 28.9 Å². The summed E-state index contributed by atoms with van der Waals surface area (Å²) in [6.45, 7) is 0.579. The lowest BCUT2D eigenvalue weighted by Gasteiger charge is -2.11. The lowest BCUT2D eigenvalue weighted by atomic mass is 10.2. The smallest absolute Gasteiger partial charge is 0.119 e. The highest BCUT2D eigenvalue weighted by Crippen LogP contribution is 2.32. The zero-order valence-electron chi connectivity index (χ0n) is 9.40. The first kappa shape index (κ1) is 12.1. The van der Waals surface area contributed by atoms with Gasteiger partial charge in [-0.05, 0) is 34.1 Å². The summed E-state index contributed by atoms with van der Waals surface area (Å²) >= 11 is 3.45. The molecular weight excluding hydrogens is 284 g/mol. The van der Waals surface area contributed by atoms with Crippen LogP contribution in [-0.4, -0.2) is 30.4 Å². The van der Waals surface area contributed by atoms with Gasteiger partial charge in [0.2, 0.25) is 0 Å². The summed E-state index contributed by atoms with van der Waals surface area (Å²) in [4.78, 5) is 4.32. The number of anilines is 1. The first-order chi connectivity index (χ1) is 8.26. The van der Waals surface area contributed by atoms with E-state index in [4.69, 9.17) is 9.84 Å². The summed E-state index contributed by atoms with van der Waals surface area (Å²) in [7, 11) is 1.63. The molecule has 0 bridgehead atoms. The van der Waals surface area contributed by atoms with Gasteiger partial charge in [0.25, 0.3) is 0 Å². The molecule has 0 saturated carbocycles. The van der Waals surface area contributed by atoms with E-state index in [2.05, 4.69) is 26.2 Å². The highest BCUT2D eigenvalue weighted by atomic mass is 79.9. The van der Waals surface area contributed by atoms with E-state index in [0.717, 1.165) is 26.8 Å². The molecule has 0 spiro atoms. The van der Waals surface area contributed by atoms with Gasteiger partial charge >= 0.3 is 0 Å². The zero-order valence-corrected chi connectivity index (χ0v) is 11.0. The number of ether oxygens (including phenoxy) is 1. The van der Waals surface area contributed by atoms with Crippen molar-refractivity contribution in [3.63, 3.8) is 0 Å².